The molecule has 0 unspecified atom stereocenters. The van der Waals surface area contributed by atoms with Crippen LogP contribution < -0.4 is 0 Å². The molecule has 1 N–H and O–H groups in total. The summed E-state index contributed by atoms with van der Waals surface area (Å²) in [5.41, 5.74) is 0. The number of aliphatic hydroxyl groups excluding tert-OH is 1. The third-order valence-electron chi connectivity index (χ3n) is 0.359. The third-order valence-corrected chi connectivity index (χ3v) is 0.359. The summed E-state index contributed by atoms with van der Waals surface area (Å²) in [6.45, 7) is 3.58. The normalized spacial score (nSPS) is 14.5. The molecule has 0 aromatic rings. The fourth-order valence-electron chi connectivity index (χ4n) is 0.192. The second-order valence-corrected chi connectivity index (χ2v) is 1.11. The van der Waals surface area contributed by atoms with Crippen molar-refractivity contribution in [1.29, 1.82) is 0 Å². The van der Waals surface area contributed by atoms with Gasteiger partial charge in [-0.2, -0.15) is 0 Å². The van der Waals surface area contributed by atoms with Crippen LogP contribution >= 0.6 is 0 Å². The van der Waals surface area contributed by atoms with E-state index in [0.717, 1.165) is 0 Å². The topological polar surface area (TPSA) is 29.5 Å². The van der Waals surface area contributed by atoms with Gasteiger partial charge in [-0.15, -0.1) is 0 Å². The highest BCUT2D eigenvalue weighted by Crippen LogP contribution is 1.74. The highest BCUT2D eigenvalue weighted by molar-refractivity contribution is 4.51. The summed E-state index contributed by atoms with van der Waals surface area (Å²) in [6.07, 6.45) is -0.574. The first-order valence-corrected chi connectivity index (χ1v) is 1.77. The molecule has 1 atom stereocenters. The molecule has 0 aromatic carbocycles. The standard InChI is InChI=1S/C4H9O2/c1-4(5)3-6-2/h4-5H,1,3H2,2H3/t4-/m1/s1. The summed E-state index contributed by atoms with van der Waals surface area (Å²) in [4.78, 5) is 0. The Balaban J connectivity index is 2.63. The summed E-state index contributed by atoms with van der Waals surface area (Å²) < 4.78 is 4.49. The minimum Gasteiger partial charge on any atom is -0.391 e. The molecular formula is C4H9O2. The van der Waals surface area contributed by atoms with E-state index in [0.29, 0.717) is 6.61 Å². The minimum atomic E-state index is -0.574. The molecule has 0 aliphatic heterocycles. The van der Waals surface area contributed by atoms with Crippen molar-refractivity contribution in [3.63, 3.8) is 0 Å². The molecule has 0 saturated heterocycles. The van der Waals surface area contributed by atoms with Gasteiger partial charge < -0.3 is 9.84 Å². The summed E-state index contributed by atoms with van der Waals surface area (Å²) in [7, 11) is 1.52. The molecule has 6 heavy (non-hydrogen) atoms. The lowest BCUT2D eigenvalue weighted by molar-refractivity contribution is 0.0917. The van der Waals surface area contributed by atoms with Gasteiger partial charge in [0.2, 0.25) is 0 Å². The molecular weight excluding hydrogens is 80.0 g/mol. The number of rotatable bonds is 2. The Morgan fingerprint density at radius 1 is 2.00 bits per heavy atom. The summed E-state index contributed by atoms with van der Waals surface area (Å²) >= 11 is 0. The van der Waals surface area contributed by atoms with E-state index in [2.05, 4.69) is 11.7 Å². The lowest BCUT2D eigenvalue weighted by Crippen LogP contribution is -2.07. The molecule has 1 radical (unpaired) electrons. The number of methoxy groups -OCH3 is 1. The molecule has 37 valence electrons. The smallest absolute Gasteiger partial charge is 0.0774 e. The zero-order chi connectivity index (χ0) is 4.99. The maximum absolute atomic E-state index is 8.32. The maximum Gasteiger partial charge on any atom is 0.0774 e. The van der Waals surface area contributed by atoms with Crippen molar-refractivity contribution in [3.05, 3.63) is 6.92 Å². The zero-order valence-electron chi connectivity index (χ0n) is 3.85. The van der Waals surface area contributed by atoms with E-state index in [-0.39, 0.29) is 0 Å². The molecule has 0 bridgehead atoms. The molecule has 0 fully saturated rings. The van der Waals surface area contributed by atoms with Crippen molar-refractivity contribution in [2.24, 2.45) is 0 Å². The van der Waals surface area contributed by atoms with Crippen LogP contribution in [0.3, 0.4) is 0 Å². The highest BCUT2D eigenvalue weighted by Gasteiger charge is 1.87. The predicted octanol–water partition coefficient (Wildman–Crippen LogP) is -0.172. The van der Waals surface area contributed by atoms with Crippen LogP contribution in [-0.4, -0.2) is 24.9 Å². The lowest BCUT2D eigenvalue weighted by Gasteiger charge is -1.97. The van der Waals surface area contributed by atoms with Crippen LogP contribution in [0.5, 0.6) is 0 Å². The van der Waals surface area contributed by atoms with E-state index < -0.39 is 6.10 Å². The first-order valence-electron chi connectivity index (χ1n) is 1.77. The van der Waals surface area contributed by atoms with Crippen molar-refractivity contribution in [1.82, 2.24) is 0 Å². The van der Waals surface area contributed by atoms with Gasteiger partial charge in [-0.3, -0.25) is 0 Å². The van der Waals surface area contributed by atoms with Crippen molar-refractivity contribution < 1.29 is 9.84 Å². The van der Waals surface area contributed by atoms with E-state index in [4.69, 9.17) is 5.11 Å². The maximum atomic E-state index is 8.32. The third kappa shape index (κ3) is 3.92. The van der Waals surface area contributed by atoms with E-state index in [1.165, 1.54) is 7.11 Å². The van der Waals surface area contributed by atoms with Gasteiger partial charge >= 0.3 is 0 Å². The Hall–Kier alpha value is -0.0800. The fraction of sp³-hybridized carbons (Fsp3) is 0.750. The number of ether oxygens (including phenoxy) is 1. The molecule has 0 amide bonds. The Bertz CT molecular complexity index is 26.7. The van der Waals surface area contributed by atoms with E-state index in [9.17, 15) is 0 Å². The molecule has 0 saturated carbocycles. The molecule has 0 aliphatic carbocycles. The highest BCUT2D eigenvalue weighted by atomic mass is 16.5. The zero-order valence-corrected chi connectivity index (χ0v) is 3.85. The first kappa shape index (κ1) is 5.92. The molecule has 0 heterocycles. The van der Waals surface area contributed by atoms with Crippen LogP contribution in [0.2, 0.25) is 0 Å². The molecule has 0 rings (SSSR count). The lowest BCUT2D eigenvalue weighted by atomic mass is 10.5. The van der Waals surface area contributed by atoms with E-state index in [1.54, 1.807) is 0 Å². The van der Waals surface area contributed by atoms with Crippen molar-refractivity contribution in [2.75, 3.05) is 13.7 Å². The van der Waals surface area contributed by atoms with Crippen molar-refractivity contribution in [2.45, 2.75) is 6.10 Å². The molecule has 2 heteroatoms. The Labute approximate surface area is 37.7 Å². The van der Waals surface area contributed by atoms with Crippen LogP contribution in [0.15, 0.2) is 0 Å². The van der Waals surface area contributed by atoms with Crippen LogP contribution in [-0.2, 0) is 4.74 Å². The SMILES string of the molecule is [CH2][C@@H](O)COC. The molecule has 0 aliphatic rings. The quantitative estimate of drug-likeness (QED) is 0.509. The van der Waals surface area contributed by atoms with E-state index >= 15 is 0 Å². The molecule has 2 nitrogen and oxygen atoms in total. The van der Waals surface area contributed by atoms with Gasteiger partial charge in [0.25, 0.3) is 0 Å². The second-order valence-electron chi connectivity index (χ2n) is 1.11. The Kier molecular flexibility index (Phi) is 3.08. The largest absolute Gasteiger partial charge is 0.391 e. The van der Waals surface area contributed by atoms with Gasteiger partial charge in [0.05, 0.1) is 12.7 Å². The summed E-state index contributed by atoms with van der Waals surface area (Å²) in [5, 5.41) is 8.32. The van der Waals surface area contributed by atoms with Crippen LogP contribution in [0.4, 0.5) is 0 Å². The van der Waals surface area contributed by atoms with Gasteiger partial charge in [0, 0.05) is 7.11 Å². The van der Waals surface area contributed by atoms with Crippen molar-refractivity contribution >= 4 is 0 Å². The number of aliphatic hydroxyl groups is 1. The fourth-order valence-corrected chi connectivity index (χ4v) is 0.192. The van der Waals surface area contributed by atoms with Gasteiger partial charge in [-0.25, -0.2) is 0 Å². The monoisotopic (exact) mass is 89.1 g/mol. The van der Waals surface area contributed by atoms with Crippen LogP contribution in [0.25, 0.3) is 0 Å². The van der Waals surface area contributed by atoms with Gasteiger partial charge in [-0.05, 0) is 6.92 Å². The number of hydrogen-bond acceptors (Lipinski definition) is 2. The number of hydrogen-bond donors (Lipinski definition) is 1. The molecule has 0 spiro atoms. The van der Waals surface area contributed by atoms with E-state index in [1.807, 2.05) is 0 Å². The first-order chi connectivity index (χ1) is 2.77. The predicted molar refractivity (Wildman–Crippen MR) is 23.2 cm³/mol. The average Bonchev–Trinajstić information content (AvgIpc) is 1.35. The van der Waals surface area contributed by atoms with Crippen molar-refractivity contribution in [3.8, 4) is 0 Å². The molecule has 0 aromatic heterocycles. The average molecular weight is 89.1 g/mol. The van der Waals surface area contributed by atoms with Gasteiger partial charge in [-0.1, -0.05) is 0 Å². The van der Waals surface area contributed by atoms with Gasteiger partial charge in [0.1, 0.15) is 0 Å². The Morgan fingerprint density at radius 2 is 2.50 bits per heavy atom. The Morgan fingerprint density at radius 3 is 2.50 bits per heavy atom. The second kappa shape index (κ2) is 3.12. The van der Waals surface area contributed by atoms with Crippen LogP contribution in [0.1, 0.15) is 0 Å². The van der Waals surface area contributed by atoms with Crippen LogP contribution in [0, 0.1) is 6.92 Å². The van der Waals surface area contributed by atoms with Gasteiger partial charge in [0.15, 0.2) is 0 Å². The summed E-state index contributed by atoms with van der Waals surface area (Å²) in [5.74, 6) is 0. The summed E-state index contributed by atoms with van der Waals surface area (Å²) in [6, 6.07) is 0. The minimum absolute atomic E-state index is 0.319.